The third-order valence-electron chi connectivity index (χ3n) is 4.43. The largest absolute Gasteiger partial charge is 0.317 e. The molecule has 1 saturated heterocycles. The normalized spacial score (nSPS) is 18.0. The van der Waals surface area contributed by atoms with E-state index in [2.05, 4.69) is 19.2 Å². The Hall–Kier alpha value is -0.910. The van der Waals surface area contributed by atoms with E-state index in [1.807, 2.05) is 19.2 Å². The quantitative estimate of drug-likeness (QED) is 0.875. The first-order valence-electron chi connectivity index (χ1n) is 8.20. The van der Waals surface area contributed by atoms with Gasteiger partial charge in [-0.1, -0.05) is 26.0 Å². The van der Waals surface area contributed by atoms with E-state index in [0.29, 0.717) is 29.9 Å². The van der Waals surface area contributed by atoms with Gasteiger partial charge in [0.15, 0.2) is 0 Å². The van der Waals surface area contributed by atoms with Crippen molar-refractivity contribution >= 4 is 10.0 Å². The van der Waals surface area contributed by atoms with Crippen LogP contribution < -0.4 is 5.32 Å². The Balaban J connectivity index is 2.03. The fraction of sp³-hybridized carbons (Fsp3) is 0.647. The van der Waals surface area contributed by atoms with Crippen LogP contribution in [0.5, 0.6) is 0 Å². The SMILES string of the molecule is CNC1CCN(S(=O)(=O)c2ccc(CCC(C)C)cc2)CC1. The van der Waals surface area contributed by atoms with Gasteiger partial charge in [-0.15, -0.1) is 0 Å². The number of benzene rings is 1. The van der Waals surface area contributed by atoms with Crippen LogP contribution in [-0.2, 0) is 16.4 Å². The maximum absolute atomic E-state index is 12.7. The second-order valence-electron chi connectivity index (χ2n) is 6.54. The van der Waals surface area contributed by atoms with Crippen LogP contribution in [0, 0.1) is 5.92 Å². The third-order valence-corrected chi connectivity index (χ3v) is 6.35. The summed E-state index contributed by atoms with van der Waals surface area (Å²) < 4.78 is 26.9. The van der Waals surface area contributed by atoms with Gasteiger partial charge in [0.1, 0.15) is 0 Å². The molecule has 0 saturated carbocycles. The summed E-state index contributed by atoms with van der Waals surface area (Å²) in [7, 11) is -1.40. The molecule has 1 aromatic rings. The van der Waals surface area contributed by atoms with Gasteiger partial charge >= 0.3 is 0 Å². The minimum absolute atomic E-state index is 0.420. The summed E-state index contributed by atoms with van der Waals surface area (Å²) in [5.41, 5.74) is 1.21. The van der Waals surface area contributed by atoms with Gasteiger partial charge in [-0.25, -0.2) is 8.42 Å². The van der Waals surface area contributed by atoms with E-state index in [4.69, 9.17) is 0 Å². The van der Waals surface area contributed by atoms with Gasteiger partial charge in [0.05, 0.1) is 4.90 Å². The van der Waals surface area contributed by atoms with E-state index in [1.54, 1.807) is 16.4 Å². The van der Waals surface area contributed by atoms with Crippen LogP contribution in [0.15, 0.2) is 29.2 Å². The number of rotatable bonds is 6. The second-order valence-corrected chi connectivity index (χ2v) is 8.48. The predicted molar refractivity (Wildman–Crippen MR) is 90.4 cm³/mol. The van der Waals surface area contributed by atoms with Crippen LogP contribution in [0.3, 0.4) is 0 Å². The highest BCUT2D eigenvalue weighted by Crippen LogP contribution is 2.21. The first-order valence-corrected chi connectivity index (χ1v) is 9.64. The third kappa shape index (κ3) is 4.31. The summed E-state index contributed by atoms with van der Waals surface area (Å²) in [5.74, 6) is 0.664. The molecule has 124 valence electrons. The van der Waals surface area contributed by atoms with E-state index in [-0.39, 0.29) is 0 Å². The van der Waals surface area contributed by atoms with Crippen LogP contribution in [0.25, 0.3) is 0 Å². The van der Waals surface area contributed by atoms with E-state index in [1.165, 1.54) is 5.56 Å². The molecule has 5 heteroatoms. The Morgan fingerprint density at radius 2 is 1.77 bits per heavy atom. The number of aryl methyl sites for hydroxylation is 1. The van der Waals surface area contributed by atoms with Crippen molar-refractivity contribution < 1.29 is 8.42 Å². The lowest BCUT2D eigenvalue weighted by Crippen LogP contribution is -2.43. The Kier molecular flexibility index (Phi) is 6.01. The molecule has 4 nitrogen and oxygen atoms in total. The molecule has 0 radical (unpaired) electrons. The number of hydrogen-bond acceptors (Lipinski definition) is 3. The van der Waals surface area contributed by atoms with Crippen molar-refractivity contribution in [2.45, 2.75) is 50.5 Å². The number of hydrogen-bond donors (Lipinski definition) is 1. The highest BCUT2D eigenvalue weighted by molar-refractivity contribution is 7.89. The zero-order valence-corrected chi connectivity index (χ0v) is 14.7. The van der Waals surface area contributed by atoms with Crippen LogP contribution in [0.2, 0.25) is 0 Å². The van der Waals surface area contributed by atoms with Crippen molar-refractivity contribution in [3.8, 4) is 0 Å². The van der Waals surface area contributed by atoms with Crippen molar-refractivity contribution in [1.82, 2.24) is 9.62 Å². The smallest absolute Gasteiger partial charge is 0.243 e. The molecule has 0 spiro atoms. The molecule has 1 aliphatic rings. The maximum atomic E-state index is 12.7. The molecular formula is C17H28N2O2S. The summed E-state index contributed by atoms with van der Waals surface area (Å²) in [5, 5.41) is 3.22. The predicted octanol–water partition coefficient (Wildman–Crippen LogP) is 2.65. The molecule has 0 unspecified atom stereocenters. The molecule has 0 aliphatic carbocycles. The number of sulfonamides is 1. The molecule has 0 bridgehead atoms. The highest BCUT2D eigenvalue weighted by Gasteiger charge is 2.28. The van der Waals surface area contributed by atoms with E-state index in [0.717, 1.165) is 25.7 Å². The fourth-order valence-corrected chi connectivity index (χ4v) is 4.29. The Morgan fingerprint density at radius 1 is 1.18 bits per heavy atom. The van der Waals surface area contributed by atoms with Gasteiger partial charge in [0.25, 0.3) is 0 Å². The summed E-state index contributed by atoms with van der Waals surface area (Å²) >= 11 is 0. The molecule has 22 heavy (non-hydrogen) atoms. The molecule has 1 heterocycles. The molecule has 1 aliphatic heterocycles. The van der Waals surface area contributed by atoms with Crippen LogP contribution in [0.4, 0.5) is 0 Å². The number of nitrogens with one attached hydrogen (secondary N) is 1. The lowest BCUT2D eigenvalue weighted by molar-refractivity contribution is 0.298. The number of piperidine rings is 1. The summed E-state index contributed by atoms with van der Waals surface area (Å²) in [4.78, 5) is 0.420. The molecule has 0 aromatic heterocycles. The summed E-state index contributed by atoms with van der Waals surface area (Å²) in [6, 6.07) is 7.86. The number of nitrogens with zero attached hydrogens (tertiary/aromatic N) is 1. The van der Waals surface area contributed by atoms with Crippen molar-refractivity contribution in [1.29, 1.82) is 0 Å². The maximum Gasteiger partial charge on any atom is 0.243 e. The first kappa shape index (κ1) is 17.4. The van der Waals surface area contributed by atoms with Gasteiger partial charge < -0.3 is 5.32 Å². The van der Waals surface area contributed by atoms with E-state index < -0.39 is 10.0 Å². The fourth-order valence-electron chi connectivity index (χ4n) is 2.82. The lowest BCUT2D eigenvalue weighted by atomic mass is 10.0. The van der Waals surface area contributed by atoms with Crippen molar-refractivity contribution in [2.75, 3.05) is 20.1 Å². The molecule has 1 N–H and O–H groups in total. The average molecular weight is 324 g/mol. The van der Waals surface area contributed by atoms with Crippen LogP contribution in [-0.4, -0.2) is 38.9 Å². The standard InChI is InChI=1S/C17H28N2O2S/c1-14(2)4-5-15-6-8-17(9-7-15)22(20,21)19-12-10-16(18-3)11-13-19/h6-9,14,16,18H,4-5,10-13H2,1-3H3. The van der Waals surface area contributed by atoms with Gasteiger partial charge in [-0.05, 0) is 56.3 Å². The Morgan fingerprint density at radius 3 is 2.27 bits per heavy atom. The van der Waals surface area contributed by atoms with Crippen LogP contribution >= 0.6 is 0 Å². The zero-order chi connectivity index (χ0) is 16.2. The molecule has 2 rings (SSSR count). The Labute approximate surface area is 135 Å². The lowest BCUT2D eigenvalue weighted by Gasteiger charge is -2.31. The monoisotopic (exact) mass is 324 g/mol. The molecular weight excluding hydrogens is 296 g/mol. The van der Waals surface area contributed by atoms with Crippen LogP contribution in [0.1, 0.15) is 38.7 Å². The highest BCUT2D eigenvalue weighted by atomic mass is 32.2. The first-order chi connectivity index (χ1) is 10.4. The minimum Gasteiger partial charge on any atom is -0.317 e. The molecule has 0 atom stereocenters. The molecule has 1 fully saturated rings. The zero-order valence-electron chi connectivity index (χ0n) is 13.9. The van der Waals surface area contributed by atoms with Gasteiger partial charge in [-0.2, -0.15) is 4.31 Å². The summed E-state index contributed by atoms with van der Waals surface area (Å²) in [6.45, 7) is 5.60. The minimum atomic E-state index is -3.34. The van der Waals surface area contributed by atoms with Crippen molar-refractivity contribution in [3.05, 3.63) is 29.8 Å². The van der Waals surface area contributed by atoms with Crippen molar-refractivity contribution in [2.24, 2.45) is 5.92 Å². The average Bonchev–Trinajstić information content (AvgIpc) is 2.53. The second kappa shape index (κ2) is 7.57. The van der Waals surface area contributed by atoms with E-state index >= 15 is 0 Å². The van der Waals surface area contributed by atoms with Gasteiger partial charge in [-0.3, -0.25) is 0 Å². The molecule has 1 aromatic carbocycles. The molecule has 0 amide bonds. The van der Waals surface area contributed by atoms with E-state index in [9.17, 15) is 8.42 Å². The Bertz CT molecular complexity index is 559. The summed E-state index contributed by atoms with van der Waals surface area (Å²) in [6.07, 6.45) is 3.89. The van der Waals surface area contributed by atoms with Crippen molar-refractivity contribution in [3.63, 3.8) is 0 Å². The van der Waals surface area contributed by atoms with Gasteiger partial charge in [0, 0.05) is 19.1 Å². The topological polar surface area (TPSA) is 49.4 Å². The van der Waals surface area contributed by atoms with Gasteiger partial charge in [0.2, 0.25) is 10.0 Å².